The number of nitrogens with zero attached hydrogens (tertiary/aromatic N) is 2. The molecule has 0 spiro atoms. The minimum Gasteiger partial charge on any atom is -0.468 e. The fraction of sp³-hybridized carbons (Fsp3) is 0.353. The zero-order chi connectivity index (χ0) is 21.0. The van der Waals surface area contributed by atoms with Gasteiger partial charge in [0, 0.05) is 13.0 Å². The molecule has 0 bridgehead atoms. The van der Waals surface area contributed by atoms with Crippen LogP contribution in [0.1, 0.15) is 18.1 Å². The number of alkyl halides is 4. The summed E-state index contributed by atoms with van der Waals surface area (Å²) in [5.74, 6) is -0.796. The summed E-state index contributed by atoms with van der Waals surface area (Å²) < 4.78 is 49.7. The van der Waals surface area contributed by atoms with Gasteiger partial charge in [-0.25, -0.2) is 4.98 Å². The Kier molecular flexibility index (Phi) is 11.1. The number of aromatic nitrogens is 2. The number of hydrogen-bond donors (Lipinski definition) is 1. The number of ether oxygens (including phenoxy) is 1. The number of nitrogens with one attached hydrogen (secondary N) is 1. The van der Waals surface area contributed by atoms with Gasteiger partial charge in [0.2, 0.25) is 17.7 Å². The molecule has 0 fully saturated rings. The van der Waals surface area contributed by atoms with Crippen LogP contribution in [0.25, 0.3) is 0 Å². The molecule has 0 saturated carbocycles. The van der Waals surface area contributed by atoms with Gasteiger partial charge in [0.15, 0.2) is 6.61 Å². The molecule has 1 amide bonds. The van der Waals surface area contributed by atoms with E-state index in [4.69, 9.17) is 0 Å². The summed E-state index contributed by atoms with van der Waals surface area (Å²) in [4.78, 5) is 18.1. The van der Waals surface area contributed by atoms with Crippen molar-refractivity contribution in [3.8, 4) is 5.88 Å². The Hall–Kier alpha value is -2.28. The molecular formula is C17H22F4N3O2P. The van der Waals surface area contributed by atoms with Gasteiger partial charge in [0.1, 0.15) is 0 Å². The third kappa shape index (κ3) is 12.7. The van der Waals surface area contributed by atoms with E-state index in [1.165, 1.54) is 24.1 Å². The molecule has 150 valence electrons. The molecule has 1 aromatic heterocycles. The summed E-state index contributed by atoms with van der Waals surface area (Å²) in [6.45, 7) is 3.97. The Labute approximate surface area is 157 Å². The quantitative estimate of drug-likeness (QED) is 0.622. The average molecular weight is 407 g/mol. The molecule has 0 aliphatic rings. The van der Waals surface area contributed by atoms with Crippen LogP contribution < -0.4 is 15.5 Å². The molecule has 1 aromatic carbocycles. The number of carbonyl (C=O) groups is 1. The van der Waals surface area contributed by atoms with Crippen molar-refractivity contribution >= 4 is 26.5 Å². The van der Waals surface area contributed by atoms with Gasteiger partial charge in [0.05, 0.1) is 12.6 Å². The van der Waals surface area contributed by atoms with Crippen molar-refractivity contribution in [1.82, 2.24) is 9.97 Å². The summed E-state index contributed by atoms with van der Waals surface area (Å²) >= 11 is 0. The van der Waals surface area contributed by atoms with Gasteiger partial charge in [-0.15, -0.1) is 0 Å². The van der Waals surface area contributed by atoms with E-state index in [2.05, 4.69) is 67.4 Å². The SMILES string of the molecule is CC(=O)Nc1nc(P)cc(OCC(F)(F)F)n1.CF.Cc1ccc(C)cc1. The van der Waals surface area contributed by atoms with E-state index in [1.807, 2.05) is 0 Å². The summed E-state index contributed by atoms with van der Waals surface area (Å²) in [5.41, 5.74) is 2.96. The maximum Gasteiger partial charge on any atom is 0.422 e. The number of anilines is 1. The second-order valence-electron chi connectivity index (χ2n) is 5.19. The molecule has 10 heteroatoms. The van der Waals surface area contributed by atoms with Crippen LogP contribution in [0.3, 0.4) is 0 Å². The number of hydrogen-bond acceptors (Lipinski definition) is 4. The normalized spacial score (nSPS) is 9.96. The van der Waals surface area contributed by atoms with Crippen LogP contribution in [-0.4, -0.2) is 35.8 Å². The van der Waals surface area contributed by atoms with Crippen LogP contribution in [0.2, 0.25) is 0 Å². The summed E-state index contributed by atoms with van der Waals surface area (Å²) in [6, 6.07) is 9.69. The zero-order valence-corrected chi connectivity index (χ0v) is 16.5. The van der Waals surface area contributed by atoms with Crippen LogP contribution in [-0.2, 0) is 4.79 Å². The van der Waals surface area contributed by atoms with Crippen molar-refractivity contribution in [3.63, 3.8) is 0 Å². The van der Waals surface area contributed by atoms with Gasteiger partial charge < -0.3 is 4.74 Å². The fourth-order valence-corrected chi connectivity index (χ4v) is 1.79. The standard InChI is InChI=1S/C8H9F3N3O2P.C8H10.CH3F/c1-4(15)12-7-13-5(2-6(17)14-7)16-3-8(9,10)11;1-7-3-5-8(2)6-4-7;1-2/h2H,3,17H2,1H3,(H,12,13,14,15);3-6H,1-2H3;1H3. The summed E-state index contributed by atoms with van der Waals surface area (Å²) in [6.07, 6.45) is -4.44. The molecule has 0 aliphatic carbocycles. The van der Waals surface area contributed by atoms with E-state index >= 15 is 0 Å². The van der Waals surface area contributed by atoms with Crippen LogP contribution in [0, 0.1) is 13.8 Å². The second-order valence-corrected chi connectivity index (χ2v) is 5.79. The molecule has 1 atom stereocenters. The maximum absolute atomic E-state index is 11.9. The van der Waals surface area contributed by atoms with Crippen molar-refractivity contribution in [3.05, 3.63) is 41.5 Å². The lowest BCUT2D eigenvalue weighted by Gasteiger charge is -2.09. The summed E-state index contributed by atoms with van der Waals surface area (Å²) in [5, 5.41) is 2.25. The Bertz CT molecular complexity index is 689. The van der Waals surface area contributed by atoms with Crippen molar-refractivity contribution in [1.29, 1.82) is 0 Å². The minimum atomic E-state index is -4.44. The smallest absolute Gasteiger partial charge is 0.422 e. The molecule has 2 rings (SSSR count). The highest BCUT2D eigenvalue weighted by molar-refractivity contribution is 7.26. The minimum absolute atomic E-state index is 0.109. The van der Waals surface area contributed by atoms with E-state index in [-0.39, 0.29) is 11.8 Å². The van der Waals surface area contributed by atoms with Gasteiger partial charge in [-0.3, -0.25) is 14.5 Å². The van der Waals surface area contributed by atoms with E-state index in [9.17, 15) is 22.4 Å². The van der Waals surface area contributed by atoms with E-state index in [0.29, 0.717) is 12.6 Å². The molecule has 5 nitrogen and oxygen atoms in total. The van der Waals surface area contributed by atoms with Gasteiger partial charge in [0.25, 0.3) is 0 Å². The maximum atomic E-state index is 11.9. The number of amides is 1. The van der Waals surface area contributed by atoms with Gasteiger partial charge in [-0.1, -0.05) is 44.6 Å². The van der Waals surface area contributed by atoms with Gasteiger partial charge in [-0.2, -0.15) is 18.2 Å². The molecule has 0 saturated heterocycles. The lowest BCUT2D eigenvalue weighted by atomic mass is 10.2. The predicted octanol–water partition coefficient (Wildman–Crippen LogP) is 3.77. The third-order valence-electron chi connectivity index (χ3n) is 2.61. The van der Waals surface area contributed by atoms with Crippen molar-refractivity contribution in [2.24, 2.45) is 0 Å². The van der Waals surface area contributed by atoms with Crippen LogP contribution in [0.15, 0.2) is 30.3 Å². The highest BCUT2D eigenvalue weighted by atomic mass is 31.0. The number of halogens is 4. The fourth-order valence-electron chi connectivity index (χ4n) is 1.52. The Morgan fingerprint density at radius 3 is 2.00 bits per heavy atom. The molecule has 2 aromatic rings. The molecule has 1 N–H and O–H groups in total. The zero-order valence-electron chi connectivity index (χ0n) is 15.4. The van der Waals surface area contributed by atoms with Crippen LogP contribution in [0.4, 0.5) is 23.5 Å². The highest BCUT2D eigenvalue weighted by Gasteiger charge is 2.28. The largest absolute Gasteiger partial charge is 0.468 e. The summed E-state index contributed by atoms with van der Waals surface area (Å²) in [7, 11) is 2.68. The topological polar surface area (TPSA) is 64.1 Å². The first-order valence-electron chi connectivity index (χ1n) is 7.58. The van der Waals surface area contributed by atoms with Gasteiger partial charge >= 0.3 is 6.18 Å². The predicted molar refractivity (Wildman–Crippen MR) is 100 cm³/mol. The third-order valence-corrected chi connectivity index (χ3v) is 2.91. The number of carbonyl (C=O) groups excluding carboxylic acids is 1. The lowest BCUT2D eigenvalue weighted by molar-refractivity contribution is -0.154. The molecule has 1 heterocycles. The first-order chi connectivity index (χ1) is 12.5. The first kappa shape index (κ1) is 24.7. The van der Waals surface area contributed by atoms with Crippen molar-refractivity contribution in [2.45, 2.75) is 26.9 Å². The molecule has 0 radical (unpaired) electrons. The Morgan fingerprint density at radius 1 is 1.11 bits per heavy atom. The monoisotopic (exact) mass is 407 g/mol. The first-order valence-corrected chi connectivity index (χ1v) is 8.15. The molecular weight excluding hydrogens is 385 g/mol. The average Bonchev–Trinajstić information content (AvgIpc) is 2.56. The Balaban J connectivity index is 0.000000562. The van der Waals surface area contributed by atoms with E-state index in [1.54, 1.807) is 0 Å². The van der Waals surface area contributed by atoms with Crippen LogP contribution >= 0.6 is 9.24 Å². The number of benzene rings is 1. The van der Waals surface area contributed by atoms with Crippen molar-refractivity contribution < 1.29 is 27.1 Å². The second kappa shape index (κ2) is 12.2. The van der Waals surface area contributed by atoms with Crippen LogP contribution in [0.5, 0.6) is 5.88 Å². The van der Waals surface area contributed by atoms with E-state index < -0.39 is 18.7 Å². The van der Waals surface area contributed by atoms with Crippen molar-refractivity contribution in [2.75, 3.05) is 19.1 Å². The number of aryl methyl sites for hydroxylation is 2. The highest BCUT2D eigenvalue weighted by Crippen LogP contribution is 2.17. The Morgan fingerprint density at radius 2 is 1.59 bits per heavy atom. The molecule has 1 unspecified atom stereocenters. The number of rotatable bonds is 3. The van der Waals surface area contributed by atoms with Gasteiger partial charge in [-0.05, 0) is 13.8 Å². The van der Waals surface area contributed by atoms with E-state index in [0.717, 1.165) is 0 Å². The lowest BCUT2D eigenvalue weighted by Crippen LogP contribution is -2.21. The molecule has 27 heavy (non-hydrogen) atoms. The molecule has 0 aliphatic heterocycles.